The number of aliphatic hydroxyl groups excluding tert-OH is 1. The first-order valence-corrected chi connectivity index (χ1v) is 7.36. The SMILES string of the molecule is CC1CN(C(=O)NC(C(=O)O)c2cccs2)CCC1O. The number of thiophene rings is 1. The minimum absolute atomic E-state index is 0.000448. The van der Waals surface area contributed by atoms with Gasteiger partial charge in [0, 0.05) is 18.0 Å². The maximum atomic E-state index is 12.1. The molecule has 1 aliphatic rings. The molecule has 6 nitrogen and oxygen atoms in total. The topological polar surface area (TPSA) is 89.9 Å². The Bertz CT molecular complexity index is 477. The number of urea groups is 1. The molecule has 1 aromatic heterocycles. The monoisotopic (exact) mass is 298 g/mol. The Morgan fingerprint density at radius 3 is 2.85 bits per heavy atom. The number of carboxylic acid groups (broad SMARTS) is 1. The lowest BCUT2D eigenvalue weighted by Crippen LogP contribution is -2.50. The fourth-order valence-electron chi connectivity index (χ4n) is 2.24. The van der Waals surface area contributed by atoms with Gasteiger partial charge in [0.15, 0.2) is 6.04 Å². The van der Waals surface area contributed by atoms with Gasteiger partial charge in [-0.2, -0.15) is 0 Å². The third-order valence-electron chi connectivity index (χ3n) is 3.49. The highest BCUT2D eigenvalue weighted by Crippen LogP contribution is 2.21. The lowest BCUT2D eigenvalue weighted by atomic mass is 9.97. The van der Waals surface area contributed by atoms with Gasteiger partial charge in [0.05, 0.1) is 6.10 Å². The number of nitrogens with zero attached hydrogens (tertiary/aromatic N) is 1. The van der Waals surface area contributed by atoms with Crippen molar-refractivity contribution >= 4 is 23.3 Å². The Hall–Kier alpha value is -1.60. The van der Waals surface area contributed by atoms with Crippen LogP contribution in [0.15, 0.2) is 17.5 Å². The third kappa shape index (κ3) is 3.29. The van der Waals surface area contributed by atoms with Gasteiger partial charge in [-0.1, -0.05) is 13.0 Å². The molecule has 0 aliphatic carbocycles. The Labute approximate surface area is 121 Å². The van der Waals surface area contributed by atoms with Crippen LogP contribution in [0.4, 0.5) is 4.79 Å². The van der Waals surface area contributed by atoms with E-state index in [1.54, 1.807) is 22.4 Å². The maximum absolute atomic E-state index is 12.1. The average molecular weight is 298 g/mol. The quantitative estimate of drug-likeness (QED) is 0.784. The summed E-state index contributed by atoms with van der Waals surface area (Å²) in [5.74, 6) is -1.08. The van der Waals surface area contributed by atoms with E-state index in [0.717, 1.165) is 0 Å². The second kappa shape index (κ2) is 6.23. The first-order valence-electron chi connectivity index (χ1n) is 6.48. The van der Waals surface area contributed by atoms with Gasteiger partial charge in [-0.25, -0.2) is 9.59 Å². The highest BCUT2D eigenvalue weighted by Gasteiger charge is 2.30. The molecule has 110 valence electrons. The van der Waals surface area contributed by atoms with E-state index in [0.29, 0.717) is 24.4 Å². The summed E-state index contributed by atoms with van der Waals surface area (Å²) in [5, 5.41) is 23.2. The molecule has 2 rings (SSSR count). The summed E-state index contributed by atoms with van der Waals surface area (Å²) in [6.07, 6.45) is 0.123. The van der Waals surface area contributed by atoms with Gasteiger partial charge in [-0.3, -0.25) is 0 Å². The number of aliphatic hydroxyl groups is 1. The van der Waals surface area contributed by atoms with Crippen LogP contribution >= 0.6 is 11.3 Å². The molecule has 7 heteroatoms. The molecular weight excluding hydrogens is 280 g/mol. The smallest absolute Gasteiger partial charge is 0.331 e. The van der Waals surface area contributed by atoms with Crippen molar-refractivity contribution in [3.8, 4) is 0 Å². The Kier molecular flexibility index (Phi) is 4.61. The van der Waals surface area contributed by atoms with Crippen LogP contribution in [-0.2, 0) is 4.79 Å². The number of hydrogen-bond acceptors (Lipinski definition) is 4. The number of likely N-dealkylation sites (tertiary alicyclic amines) is 1. The fourth-order valence-corrected chi connectivity index (χ4v) is 3.01. The number of carbonyl (C=O) groups excluding carboxylic acids is 1. The van der Waals surface area contributed by atoms with Crippen molar-refractivity contribution in [3.63, 3.8) is 0 Å². The molecule has 2 heterocycles. The molecule has 0 saturated carbocycles. The second-order valence-corrected chi connectivity index (χ2v) is 5.99. The highest BCUT2D eigenvalue weighted by atomic mass is 32.1. The average Bonchev–Trinajstić information content (AvgIpc) is 2.92. The molecular formula is C13H18N2O4S. The van der Waals surface area contributed by atoms with Gasteiger partial charge in [-0.15, -0.1) is 11.3 Å². The van der Waals surface area contributed by atoms with Crippen LogP contribution in [0.3, 0.4) is 0 Å². The normalized spacial score (nSPS) is 24.2. The van der Waals surface area contributed by atoms with Crippen molar-refractivity contribution < 1.29 is 19.8 Å². The van der Waals surface area contributed by atoms with E-state index in [1.807, 2.05) is 6.92 Å². The summed E-state index contributed by atoms with van der Waals surface area (Å²) in [5.41, 5.74) is 0. The minimum atomic E-state index is -1.08. The number of carbonyl (C=O) groups is 2. The summed E-state index contributed by atoms with van der Waals surface area (Å²) in [7, 11) is 0. The summed E-state index contributed by atoms with van der Waals surface area (Å²) in [6.45, 7) is 2.75. The number of piperidine rings is 1. The zero-order valence-corrected chi connectivity index (χ0v) is 12.0. The lowest BCUT2D eigenvalue weighted by molar-refractivity contribution is -0.139. The van der Waals surface area contributed by atoms with E-state index in [9.17, 15) is 19.8 Å². The molecule has 2 amide bonds. The van der Waals surface area contributed by atoms with Crippen LogP contribution in [-0.4, -0.2) is 46.3 Å². The molecule has 3 atom stereocenters. The van der Waals surface area contributed by atoms with Crippen molar-refractivity contribution in [1.29, 1.82) is 0 Å². The van der Waals surface area contributed by atoms with Crippen molar-refractivity contribution in [2.45, 2.75) is 25.5 Å². The molecule has 0 bridgehead atoms. The molecule has 1 saturated heterocycles. The van der Waals surface area contributed by atoms with Gasteiger partial charge >= 0.3 is 12.0 Å². The van der Waals surface area contributed by atoms with Crippen LogP contribution in [0.5, 0.6) is 0 Å². The van der Waals surface area contributed by atoms with Crippen LogP contribution in [0.1, 0.15) is 24.3 Å². The van der Waals surface area contributed by atoms with Crippen molar-refractivity contribution in [2.24, 2.45) is 5.92 Å². The molecule has 1 aliphatic heterocycles. The van der Waals surface area contributed by atoms with Crippen molar-refractivity contribution in [1.82, 2.24) is 10.2 Å². The molecule has 1 fully saturated rings. The van der Waals surface area contributed by atoms with E-state index in [4.69, 9.17) is 0 Å². The van der Waals surface area contributed by atoms with Crippen LogP contribution < -0.4 is 5.32 Å². The highest BCUT2D eigenvalue weighted by molar-refractivity contribution is 7.10. The number of amides is 2. The summed E-state index contributed by atoms with van der Waals surface area (Å²) in [6, 6.07) is 2.02. The number of nitrogens with one attached hydrogen (secondary N) is 1. The zero-order valence-electron chi connectivity index (χ0n) is 11.2. The molecule has 3 unspecified atom stereocenters. The predicted octanol–water partition coefficient (Wildman–Crippen LogP) is 1.29. The van der Waals surface area contributed by atoms with Gasteiger partial charge in [-0.05, 0) is 23.8 Å². The molecule has 3 N–H and O–H groups in total. The Morgan fingerprint density at radius 2 is 2.30 bits per heavy atom. The number of carboxylic acids is 1. The molecule has 0 spiro atoms. The Balaban J connectivity index is 2.01. The predicted molar refractivity (Wildman–Crippen MR) is 74.6 cm³/mol. The standard InChI is InChI=1S/C13H18N2O4S/c1-8-7-15(5-4-9(8)16)13(19)14-11(12(17)18)10-3-2-6-20-10/h2-3,6,8-9,11,16H,4-5,7H2,1H3,(H,14,19)(H,17,18). The molecule has 0 radical (unpaired) electrons. The van der Waals surface area contributed by atoms with Crippen LogP contribution in [0.25, 0.3) is 0 Å². The summed E-state index contributed by atoms with van der Waals surface area (Å²) < 4.78 is 0. The largest absolute Gasteiger partial charge is 0.479 e. The zero-order chi connectivity index (χ0) is 14.7. The van der Waals surface area contributed by atoms with E-state index in [-0.39, 0.29) is 5.92 Å². The van der Waals surface area contributed by atoms with E-state index >= 15 is 0 Å². The molecule has 0 aromatic carbocycles. The fraction of sp³-hybridized carbons (Fsp3) is 0.538. The van der Waals surface area contributed by atoms with Crippen molar-refractivity contribution in [2.75, 3.05) is 13.1 Å². The van der Waals surface area contributed by atoms with Crippen LogP contribution in [0.2, 0.25) is 0 Å². The molecule has 20 heavy (non-hydrogen) atoms. The lowest BCUT2D eigenvalue weighted by Gasteiger charge is -2.34. The number of hydrogen-bond donors (Lipinski definition) is 3. The summed E-state index contributed by atoms with van der Waals surface area (Å²) >= 11 is 1.29. The van der Waals surface area contributed by atoms with E-state index in [2.05, 4.69) is 5.32 Å². The van der Waals surface area contributed by atoms with Gasteiger partial charge < -0.3 is 20.4 Å². The van der Waals surface area contributed by atoms with E-state index < -0.39 is 24.1 Å². The van der Waals surface area contributed by atoms with Crippen molar-refractivity contribution in [3.05, 3.63) is 22.4 Å². The van der Waals surface area contributed by atoms with E-state index in [1.165, 1.54) is 11.3 Å². The number of rotatable bonds is 3. The van der Waals surface area contributed by atoms with Gasteiger partial charge in [0.2, 0.25) is 0 Å². The molecule has 1 aromatic rings. The number of aliphatic carboxylic acids is 1. The minimum Gasteiger partial charge on any atom is -0.479 e. The third-order valence-corrected chi connectivity index (χ3v) is 4.43. The van der Waals surface area contributed by atoms with Gasteiger partial charge in [0.1, 0.15) is 0 Å². The summed E-state index contributed by atoms with van der Waals surface area (Å²) in [4.78, 5) is 25.6. The first-order chi connectivity index (χ1) is 9.49. The second-order valence-electron chi connectivity index (χ2n) is 5.02. The van der Waals surface area contributed by atoms with Crippen LogP contribution in [0, 0.1) is 5.92 Å². The maximum Gasteiger partial charge on any atom is 0.331 e. The Morgan fingerprint density at radius 1 is 1.55 bits per heavy atom. The first kappa shape index (κ1) is 14.8. The van der Waals surface area contributed by atoms with Gasteiger partial charge in [0.25, 0.3) is 0 Å².